The van der Waals surface area contributed by atoms with Gasteiger partial charge in [-0.05, 0) is 10.8 Å². The summed E-state index contributed by atoms with van der Waals surface area (Å²) in [4.78, 5) is 1.61. The Labute approximate surface area is 126 Å². The third-order valence-electron chi connectivity index (χ3n) is 3.98. The average Bonchev–Trinajstić information content (AvgIpc) is 2.48. The molecule has 0 saturated heterocycles. The van der Waals surface area contributed by atoms with E-state index in [-0.39, 0.29) is 0 Å². The number of hydrogen-bond donors (Lipinski definition) is 4. The maximum absolute atomic E-state index is 6.26. The molecule has 0 radical (unpaired) electrons. The monoisotopic (exact) mass is 296 g/mol. The van der Waals surface area contributed by atoms with Crippen molar-refractivity contribution in [3.05, 3.63) is 36.4 Å². The van der Waals surface area contributed by atoms with Crippen LogP contribution in [0.15, 0.2) is 46.2 Å². The number of rotatable bonds is 0. The van der Waals surface area contributed by atoms with E-state index in [4.69, 9.17) is 11.5 Å². The molecule has 0 unspecified atom stereocenters. The van der Waals surface area contributed by atoms with E-state index in [1.165, 1.54) is 0 Å². The molecular formula is C16H12N2S2. The molecule has 0 saturated carbocycles. The molecule has 0 fully saturated rings. The normalized spacial score (nSPS) is 11.9. The van der Waals surface area contributed by atoms with Gasteiger partial charge in [-0.3, -0.25) is 0 Å². The van der Waals surface area contributed by atoms with Crippen molar-refractivity contribution in [2.45, 2.75) is 9.79 Å². The zero-order chi connectivity index (χ0) is 14.0. The lowest BCUT2D eigenvalue weighted by Crippen LogP contribution is -1.97. The van der Waals surface area contributed by atoms with Crippen LogP contribution in [-0.4, -0.2) is 0 Å². The van der Waals surface area contributed by atoms with Gasteiger partial charge in [-0.2, -0.15) is 0 Å². The molecule has 0 aliphatic heterocycles. The van der Waals surface area contributed by atoms with Gasteiger partial charge in [-0.25, -0.2) is 0 Å². The van der Waals surface area contributed by atoms with Crippen LogP contribution in [0.3, 0.4) is 0 Å². The molecule has 4 aromatic rings. The highest BCUT2D eigenvalue weighted by Gasteiger charge is 2.17. The second-order valence-corrected chi connectivity index (χ2v) is 5.88. The Bertz CT molecular complexity index is 839. The second kappa shape index (κ2) is 3.87. The van der Waals surface area contributed by atoms with Crippen molar-refractivity contribution in [2.24, 2.45) is 0 Å². The lowest BCUT2D eigenvalue weighted by molar-refractivity contribution is 1.55. The number of anilines is 2. The van der Waals surface area contributed by atoms with Crippen molar-refractivity contribution in [3.63, 3.8) is 0 Å². The van der Waals surface area contributed by atoms with Crippen molar-refractivity contribution < 1.29 is 0 Å². The molecule has 0 amide bonds. The van der Waals surface area contributed by atoms with E-state index in [2.05, 4.69) is 25.3 Å². The highest BCUT2D eigenvalue weighted by atomic mass is 32.1. The van der Waals surface area contributed by atoms with Crippen LogP contribution < -0.4 is 11.5 Å². The Balaban J connectivity index is 2.54. The lowest BCUT2D eigenvalue weighted by Gasteiger charge is -2.18. The third kappa shape index (κ3) is 1.28. The fourth-order valence-corrected chi connectivity index (χ4v) is 3.65. The minimum Gasteiger partial charge on any atom is -0.397 e. The van der Waals surface area contributed by atoms with Crippen LogP contribution in [0.5, 0.6) is 0 Å². The van der Waals surface area contributed by atoms with Gasteiger partial charge in [-0.15, -0.1) is 25.3 Å². The van der Waals surface area contributed by atoms with Gasteiger partial charge in [0.25, 0.3) is 0 Å². The van der Waals surface area contributed by atoms with Crippen molar-refractivity contribution in [3.8, 4) is 0 Å². The van der Waals surface area contributed by atoms with Crippen LogP contribution >= 0.6 is 25.3 Å². The third-order valence-corrected chi connectivity index (χ3v) is 4.94. The van der Waals surface area contributed by atoms with Crippen LogP contribution in [0, 0.1) is 0 Å². The van der Waals surface area contributed by atoms with Crippen LogP contribution in [0.2, 0.25) is 0 Å². The quantitative estimate of drug-likeness (QED) is 0.222. The van der Waals surface area contributed by atoms with Crippen molar-refractivity contribution in [1.29, 1.82) is 0 Å². The summed E-state index contributed by atoms with van der Waals surface area (Å²) in [6, 6.07) is 12.1. The summed E-state index contributed by atoms with van der Waals surface area (Å²) in [7, 11) is 0. The Morgan fingerprint density at radius 2 is 0.950 bits per heavy atom. The molecule has 4 rings (SSSR count). The van der Waals surface area contributed by atoms with Gasteiger partial charge in [0.2, 0.25) is 0 Å². The summed E-state index contributed by atoms with van der Waals surface area (Å²) in [5.74, 6) is 0. The first kappa shape index (κ1) is 12.0. The number of nitrogen functional groups attached to an aromatic ring is 2. The maximum Gasteiger partial charge on any atom is 0.0536 e. The molecule has 0 bridgehead atoms. The van der Waals surface area contributed by atoms with Crippen LogP contribution in [0.4, 0.5) is 11.4 Å². The molecule has 4 heteroatoms. The van der Waals surface area contributed by atoms with Gasteiger partial charge in [0.05, 0.1) is 11.4 Å². The van der Waals surface area contributed by atoms with Crippen molar-refractivity contribution in [1.82, 2.24) is 0 Å². The minimum atomic E-state index is 0.705. The van der Waals surface area contributed by atoms with E-state index in [0.717, 1.165) is 42.1 Å². The molecular weight excluding hydrogens is 284 g/mol. The fraction of sp³-hybridized carbons (Fsp3) is 0. The van der Waals surface area contributed by atoms with Crippen LogP contribution in [0.1, 0.15) is 0 Å². The number of nitrogens with two attached hydrogens (primary N) is 2. The first-order chi connectivity index (χ1) is 9.61. The molecule has 4 aromatic carbocycles. The Morgan fingerprint density at radius 3 is 1.35 bits per heavy atom. The summed E-state index contributed by atoms with van der Waals surface area (Å²) in [6.45, 7) is 0. The Hall–Kier alpha value is -1.78. The minimum absolute atomic E-state index is 0.705. The smallest absolute Gasteiger partial charge is 0.0536 e. The van der Waals surface area contributed by atoms with E-state index in [9.17, 15) is 0 Å². The first-order valence-electron chi connectivity index (χ1n) is 6.26. The van der Waals surface area contributed by atoms with Gasteiger partial charge in [0.1, 0.15) is 0 Å². The Kier molecular flexibility index (Phi) is 2.32. The number of thiol groups is 2. The van der Waals surface area contributed by atoms with Crippen molar-refractivity contribution in [2.75, 3.05) is 11.5 Å². The topological polar surface area (TPSA) is 52.0 Å². The first-order valence-corrected chi connectivity index (χ1v) is 7.16. The summed E-state index contributed by atoms with van der Waals surface area (Å²) in [5.41, 5.74) is 13.9. The predicted octanol–water partition coefficient (Wildman–Crippen LogP) is 4.33. The van der Waals surface area contributed by atoms with Gasteiger partial charge >= 0.3 is 0 Å². The van der Waals surface area contributed by atoms with Crippen molar-refractivity contribution >= 4 is 68.9 Å². The lowest BCUT2D eigenvalue weighted by atomic mass is 9.92. The SMILES string of the molecule is Nc1c(S)c2cccc3c(N)c(S)c4cccc1c4c32. The van der Waals surface area contributed by atoms with E-state index in [0.29, 0.717) is 11.4 Å². The van der Waals surface area contributed by atoms with E-state index in [1.807, 2.05) is 36.4 Å². The van der Waals surface area contributed by atoms with E-state index < -0.39 is 0 Å². The summed E-state index contributed by atoms with van der Waals surface area (Å²) in [5, 5.41) is 6.32. The molecule has 98 valence electrons. The number of hydrogen-bond acceptors (Lipinski definition) is 4. The second-order valence-electron chi connectivity index (χ2n) is 4.98. The van der Waals surface area contributed by atoms with E-state index >= 15 is 0 Å². The van der Waals surface area contributed by atoms with Gasteiger partial charge in [-0.1, -0.05) is 36.4 Å². The molecule has 0 atom stereocenters. The molecule has 0 spiro atoms. The van der Waals surface area contributed by atoms with E-state index in [1.54, 1.807) is 0 Å². The molecule has 20 heavy (non-hydrogen) atoms. The average molecular weight is 296 g/mol. The summed E-state index contributed by atoms with van der Waals surface area (Å²) >= 11 is 9.19. The number of benzene rings is 4. The van der Waals surface area contributed by atoms with Gasteiger partial charge < -0.3 is 11.5 Å². The van der Waals surface area contributed by atoms with Gasteiger partial charge in [0, 0.05) is 31.3 Å². The predicted molar refractivity (Wildman–Crippen MR) is 93.5 cm³/mol. The fourth-order valence-electron chi connectivity index (χ4n) is 3.03. The van der Waals surface area contributed by atoms with Crippen LogP contribution in [0.25, 0.3) is 32.3 Å². The zero-order valence-electron chi connectivity index (χ0n) is 10.5. The molecule has 0 aromatic heterocycles. The standard InChI is InChI=1S/C16H12N2S2/c17-13-7-3-1-5-9-11(7)12-8(14(18)15(9)19)4-2-6-10(12)16(13)20/h1-6,19-20H,17-18H2. The maximum atomic E-state index is 6.26. The molecule has 0 aliphatic rings. The Morgan fingerprint density at radius 1 is 0.600 bits per heavy atom. The highest BCUT2D eigenvalue weighted by molar-refractivity contribution is 7.81. The zero-order valence-corrected chi connectivity index (χ0v) is 12.3. The molecule has 4 N–H and O–H groups in total. The highest BCUT2D eigenvalue weighted by Crippen LogP contribution is 2.46. The largest absolute Gasteiger partial charge is 0.397 e. The van der Waals surface area contributed by atoms with Gasteiger partial charge in [0.15, 0.2) is 0 Å². The molecule has 0 aliphatic carbocycles. The summed E-state index contributed by atoms with van der Waals surface area (Å²) in [6.07, 6.45) is 0. The summed E-state index contributed by atoms with van der Waals surface area (Å²) < 4.78 is 0. The van der Waals surface area contributed by atoms with Crippen LogP contribution in [-0.2, 0) is 0 Å². The molecule has 2 nitrogen and oxygen atoms in total. The molecule has 0 heterocycles.